The summed E-state index contributed by atoms with van der Waals surface area (Å²) in [7, 11) is 3.17. The molecule has 0 bridgehead atoms. The zero-order chi connectivity index (χ0) is 22.0. The van der Waals surface area contributed by atoms with Gasteiger partial charge in [-0.3, -0.25) is 9.59 Å². The minimum absolute atomic E-state index is 0.0671. The molecule has 2 aromatic rings. The summed E-state index contributed by atoms with van der Waals surface area (Å²) in [5.41, 5.74) is 2.89. The van der Waals surface area contributed by atoms with Crippen molar-refractivity contribution in [3.63, 3.8) is 0 Å². The van der Waals surface area contributed by atoms with Gasteiger partial charge in [-0.2, -0.15) is 0 Å². The summed E-state index contributed by atoms with van der Waals surface area (Å²) < 4.78 is 10.8. The Bertz CT molecular complexity index is 991. The lowest BCUT2D eigenvalue weighted by Crippen LogP contribution is -2.57. The van der Waals surface area contributed by atoms with Gasteiger partial charge in [0, 0.05) is 30.8 Å². The van der Waals surface area contributed by atoms with Crippen molar-refractivity contribution in [3.8, 4) is 11.5 Å². The molecule has 31 heavy (non-hydrogen) atoms. The molecule has 2 aliphatic rings. The number of anilines is 1. The molecule has 0 radical (unpaired) electrons. The molecule has 1 saturated heterocycles. The van der Waals surface area contributed by atoms with E-state index in [4.69, 9.17) is 9.47 Å². The first-order chi connectivity index (χ1) is 15.1. The highest BCUT2D eigenvalue weighted by molar-refractivity contribution is 6.04. The van der Waals surface area contributed by atoms with Crippen molar-refractivity contribution in [1.29, 1.82) is 0 Å². The van der Waals surface area contributed by atoms with E-state index in [-0.39, 0.29) is 18.0 Å². The van der Waals surface area contributed by atoms with Crippen LogP contribution in [0.4, 0.5) is 5.69 Å². The molecule has 2 heterocycles. The number of nitrogens with zero attached hydrogens (tertiary/aromatic N) is 2. The summed E-state index contributed by atoms with van der Waals surface area (Å²) in [6.07, 6.45) is 3.20. The maximum absolute atomic E-state index is 13.0. The van der Waals surface area contributed by atoms with Gasteiger partial charge in [0.05, 0.1) is 25.5 Å². The number of hydrogen-bond acceptors (Lipinski definition) is 5. The number of ether oxygens (including phenoxy) is 2. The van der Waals surface area contributed by atoms with Crippen LogP contribution in [0.15, 0.2) is 36.4 Å². The van der Waals surface area contributed by atoms with Crippen LogP contribution in [0.5, 0.6) is 11.5 Å². The number of rotatable bonds is 6. The van der Waals surface area contributed by atoms with Crippen molar-refractivity contribution in [2.45, 2.75) is 38.9 Å². The van der Waals surface area contributed by atoms with Gasteiger partial charge < -0.3 is 24.6 Å². The van der Waals surface area contributed by atoms with Crippen molar-refractivity contribution in [3.05, 3.63) is 53.1 Å². The first kappa shape index (κ1) is 21.0. The molecular formula is C24H29N3O4. The van der Waals surface area contributed by atoms with Crippen LogP contribution in [0.25, 0.3) is 0 Å². The number of piperidine rings is 1. The Balaban J connectivity index is 1.57. The number of nitrogens with one attached hydrogen (secondary N) is 1. The third-order valence-electron chi connectivity index (χ3n) is 6.16. The van der Waals surface area contributed by atoms with Crippen LogP contribution in [0.2, 0.25) is 0 Å². The van der Waals surface area contributed by atoms with Crippen LogP contribution >= 0.6 is 0 Å². The first-order valence-electron chi connectivity index (χ1n) is 10.8. The maximum atomic E-state index is 13.0. The van der Waals surface area contributed by atoms with Gasteiger partial charge in [-0.05, 0) is 50.5 Å². The molecule has 7 nitrogen and oxygen atoms in total. The lowest BCUT2D eigenvalue weighted by atomic mass is 9.97. The van der Waals surface area contributed by atoms with E-state index >= 15 is 0 Å². The fourth-order valence-electron chi connectivity index (χ4n) is 4.63. The number of carbonyl (C=O) groups is 2. The normalized spacial score (nSPS) is 17.6. The highest BCUT2D eigenvalue weighted by atomic mass is 16.5. The second-order valence-electron chi connectivity index (χ2n) is 7.83. The quantitative estimate of drug-likeness (QED) is 0.771. The number of hydrogen-bond donors (Lipinski definition) is 1. The second kappa shape index (κ2) is 8.88. The Morgan fingerprint density at radius 1 is 1.16 bits per heavy atom. The summed E-state index contributed by atoms with van der Waals surface area (Å²) >= 11 is 0. The van der Waals surface area contributed by atoms with Gasteiger partial charge in [-0.1, -0.05) is 12.1 Å². The summed E-state index contributed by atoms with van der Waals surface area (Å²) in [5.74, 6) is 1.10. The fraction of sp³-hybridized carbons (Fsp3) is 0.417. The van der Waals surface area contributed by atoms with E-state index in [0.29, 0.717) is 29.2 Å². The number of para-hydroxylation sites is 1. The molecule has 0 saturated carbocycles. The average Bonchev–Trinajstić information content (AvgIpc) is 2.82. The van der Waals surface area contributed by atoms with E-state index in [2.05, 4.69) is 17.1 Å². The van der Waals surface area contributed by atoms with E-state index < -0.39 is 0 Å². The molecule has 0 aliphatic carbocycles. The largest absolute Gasteiger partial charge is 0.493 e. The molecule has 1 fully saturated rings. The number of amides is 2. The minimum Gasteiger partial charge on any atom is -0.493 e. The van der Waals surface area contributed by atoms with Gasteiger partial charge in [0.2, 0.25) is 0 Å². The van der Waals surface area contributed by atoms with Crippen molar-refractivity contribution in [2.75, 3.05) is 32.2 Å². The maximum Gasteiger partial charge on any atom is 0.257 e. The molecule has 0 spiro atoms. The summed E-state index contributed by atoms with van der Waals surface area (Å²) in [4.78, 5) is 30.2. The van der Waals surface area contributed by atoms with Gasteiger partial charge in [0.15, 0.2) is 11.5 Å². The van der Waals surface area contributed by atoms with Gasteiger partial charge >= 0.3 is 0 Å². The van der Waals surface area contributed by atoms with Crippen molar-refractivity contribution in [2.24, 2.45) is 0 Å². The molecule has 2 amide bonds. The SMILES string of the molecule is CCN1c2cc(C(=O)NCc3cccc(OC)c3OC)ccc2C(=O)N2CCCCC21. The van der Waals surface area contributed by atoms with Gasteiger partial charge in [-0.25, -0.2) is 0 Å². The van der Waals surface area contributed by atoms with Crippen LogP contribution in [0, 0.1) is 0 Å². The number of carbonyl (C=O) groups excluding carboxylic acids is 2. The Morgan fingerprint density at radius 3 is 2.74 bits per heavy atom. The zero-order valence-corrected chi connectivity index (χ0v) is 18.3. The van der Waals surface area contributed by atoms with Crippen molar-refractivity contribution < 1.29 is 19.1 Å². The molecular weight excluding hydrogens is 394 g/mol. The predicted octanol–water partition coefficient (Wildman–Crippen LogP) is 3.43. The molecule has 1 atom stereocenters. The molecule has 1 N–H and O–H groups in total. The topological polar surface area (TPSA) is 71.1 Å². The van der Waals surface area contributed by atoms with Crippen LogP contribution in [-0.2, 0) is 6.54 Å². The summed E-state index contributed by atoms with van der Waals surface area (Å²) in [6, 6.07) is 10.9. The highest BCUT2D eigenvalue weighted by Gasteiger charge is 2.38. The number of methoxy groups -OCH3 is 2. The molecule has 2 aliphatic heterocycles. The van der Waals surface area contributed by atoms with Gasteiger partial charge in [-0.15, -0.1) is 0 Å². The van der Waals surface area contributed by atoms with Crippen LogP contribution in [-0.4, -0.2) is 50.2 Å². The Hall–Kier alpha value is -3.22. The molecule has 0 aromatic heterocycles. The number of benzene rings is 2. The number of fused-ring (bicyclic) bond motifs is 2. The Kier molecular flexibility index (Phi) is 6.02. The smallest absolute Gasteiger partial charge is 0.257 e. The standard InChI is InChI=1S/C24H29N3O4/c1-4-26-19-14-16(11-12-18(19)24(29)27-13-6-5-10-21(26)27)23(28)25-15-17-8-7-9-20(30-2)22(17)31-3/h7-9,11-12,14,21H,4-6,10,13,15H2,1-3H3,(H,25,28). The Labute approximate surface area is 182 Å². The summed E-state index contributed by atoms with van der Waals surface area (Å²) in [5, 5.41) is 2.96. The van der Waals surface area contributed by atoms with Crippen LogP contribution in [0.1, 0.15) is 52.5 Å². The zero-order valence-electron chi connectivity index (χ0n) is 18.3. The second-order valence-corrected chi connectivity index (χ2v) is 7.83. The van der Waals surface area contributed by atoms with Crippen molar-refractivity contribution >= 4 is 17.5 Å². The monoisotopic (exact) mass is 423 g/mol. The van der Waals surface area contributed by atoms with Crippen LogP contribution < -0.4 is 19.7 Å². The van der Waals surface area contributed by atoms with E-state index in [0.717, 1.165) is 43.6 Å². The molecule has 4 rings (SSSR count). The third-order valence-corrected chi connectivity index (χ3v) is 6.16. The Morgan fingerprint density at radius 2 is 2.00 bits per heavy atom. The lowest BCUT2D eigenvalue weighted by molar-refractivity contribution is 0.0582. The molecule has 1 unspecified atom stereocenters. The lowest BCUT2D eigenvalue weighted by Gasteiger charge is -2.47. The third kappa shape index (κ3) is 3.80. The van der Waals surface area contributed by atoms with E-state index in [1.165, 1.54) is 0 Å². The van der Waals surface area contributed by atoms with Crippen molar-refractivity contribution in [1.82, 2.24) is 10.2 Å². The van der Waals surface area contributed by atoms with E-state index in [1.807, 2.05) is 29.2 Å². The molecule has 164 valence electrons. The highest BCUT2D eigenvalue weighted by Crippen LogP contribution is 2.36. The average molecular weight is 424 g/mol. The fourth-order valence-corrected chi connectivity index (χ4v) is 4.63. The summed E-state index contributed by atoms with van der Waals surface area (Å²) in [6.45, 7) is 3.98. The molecule has 7 heteroatoms. The van der Waals surface area contributed by atoms with Gasteiger partial charge in [0.1, 0.15) is 6.17 Å². The van der Waals surface area contributed by atoms with E-state index in [1.54, 1.807) is 26.4 Å². The van der Waals surface area contributed by atoms with Crippen LogP contribution in [0.3, 0.4) is 0 Å². The predicted molar refractivity (Wildman–Crippen MR) is 119 cm³/mol. The molecule has 2 aromatic carbocycles. The van der Waals surface area contributed by atoms with Gasteiger partial charge in [0.25, 0.3) is 11.8 Å². The minimum atomic E-state index is -0.192. The first-order valence-corrected chi connectivity index (χ1v) is 10.8. The van der Waals surface area contributed by atoms with E-state index in [9.17, 15) is 9.59 Å².